The van der Waals surface area contributed by atoms with E-state index in [0.717, 1.165) is 17.7 Å². The summed E-state index contributed by atoms with van der Waals surface area (Å²) in [6.45, 7) is 4.31. The van der Waals surface area contributed by atoms with Crippen molar-refractivity contribution < 1.29 is 14.2 Å². The average molecular weight is 360 g/mol. The van der Waals surface area contributed by atoms with E-state index in [4.69, 9.17) is 10.1 Å². The molecule has 2 aromatic rings. The van der Waals surface area contributed by atoms with E-state index in [-0.39, 0.29) is 0 Å². The van der Waals surface area contributed by atoms with Crippen LogP contribution in [0.25, 0.3) is 11.3 Å². The van der Waals surface area contributed by atoms with Gasteiger partial charge in [-0.1, -0.05) is 0 Å². The van der Waals surface area contributed by atoms with Gasteiger partial charge in [-0.15, -0.1) is 0 Å². The first-order valence-corrected chi connectivity index (χ1v) is 8.43. The predicted octanol–water partition coefficient (Wildman–Crippen LogP) is 2.97. The molecule has 1 atom stereocenters. The molecule has 1 heterocycles. The molecular weight excluding hydrogens is 335 g/mol. The number of aryl methyl sites for hydroxylation is 1. The third kappa shape index (κ3) is 4.11. The molecule has 0 aliphatic carbocycles. The first-order valence-electron chi connectivity index (χ1n) is 8.43. The molecule has 140 valence electrons. The number of rotatable bonds is 8. The Morgan fingerprint density at radius 1 is 1.50 bits per heavy atom. The zero-order valence-corrected chi connectivity index (χ0v) is 15.5. The Balaban J connectivity index is 2.62. The van der Waals surface area contributed by atoms with E-state index in [9.17, 15) is 9.50 Å². The van der Waals surface area contributed by atoms with E-state index < -0.39 is 11.9 Å². The van der Waals surface area contributed by atoms with E-state index in [2.05, 4.69) is 10.4 Å². The van der Waals surface area contributed by atoms with Crippen molar-refractivity contribution in [3.63, 3.8) is 0 Å². The summed E-state index contributed by atoms with van der Waals surface area (Å²) in [6, 6.07) is 4.27. The summed E-state index contributed by atoms with van der Waals surface area (Å²) < 4.78 is 20.8. The summed E-state index contributed by atoms with van der Waals surface area (Å²) in [4.78, 5) is 0. The number of ether oxygens (including phenoxy) is 1. The van der Waals surface area contributed by atoms with Crippen molar-refractivity contribution in [1.82, 2.24) is 15.1 Å². The number of aromatic nitrogens is 2. The summed E-state index contributed by atoms with van der Waals surface area (Å²) in [5, 5.41) is 25.3. The Kier molecular flexibility index (Phi) is 6.52. The number of halogens is 1. The molecule has 0 fully saturated rings. The van der Waals surface area contributed by atoms with Crippen LogP contribution in [-0.2, 0) is 13.5 Å². The molecule has 7 heteroatoms. The third-order valence-electron chi connectivity index (χ3n) is 4.06. The Bertz CT molecular complexity index is 812. The number of aliphatic hydroxyl groups is 1. The van der Waals surface area contributed by atoms with Gasteiger partial charge in [0.05, 0.1) is 13.2 Å². The van der Waals surface area contributed by atoms with Crippen molar-refractivity contribution in [1.29, 1.82) is 5.41 Å². The molecular formula is C19H25FN4O2. The van der Waals surface area contributed by atoms with Crippen LogP contribution in [0.15, 0.2) is 30.0 Å². The Labute approximate surface area is 152 Å². The molecule has 1 aromatic carbocycles. The zero-order valence-electron chi connectivity index (χ0n) is 15.5. The molecule has 0 aliphatic rings. The van der Waals surface area contributed by atoms with Crippen molar-refractivity contribution in [2.24, 2.45) is 7.05 Å². The molecule has 0 spiro atoms. The molecule has 26 heavy (non-hydrogen) atoms. The van der Waals surface area contributed by atoms with Gasteiger partial charge in [0.2, 0.25) is 5.88 Å². The van der Waals surface area contributed by atoms with Crippen molar-refractivity contribution >= 4 is 6.21 Å². The van der Waals surface area contributed by atoms with E-state index in [1.165, 1.54) is 18.3 Å². The molecule has 0 aliphatic heterocycles. The van der Waals surface area contributed by atoms with Crippen LogP contribution < -0.4 is 10.1 Å². The molecule has 0 amide bonds. The molecule has 6 nitrogen and oxygen atoms in total. The third-order valence-corrected chi connectivity index (χ3v) is 4.06. The van der Waals surface area contributed by atoms with Crippen molar-refractivity contribution in [3.8, 4) is 17.1 Å². The monoisotopic (exact) mass is 360 g/mol. The van der Waals surface area contributed by atoms with Gasteiger partial charge in [0.1, 0.15) is 11.5 Å². The van der Waals surface area contributed by atoms with Crippen LogP contribution in [0.1, 0.15) is 31.1 Å². The maximum absolute atomic E-state index is 13.7. The fraction of sp³-hybridized carbons (Fsp3) is 0.368. The lowest BCUT2D eigenvalue weighted by molar-refractivity contribution is 0.199. The van der Waals surface area contributed by atoms with Crippen LogP contribution in [0, 0.1) is 11.2 Å². The first kappa shape index (κ1) is 19.7. The first-order chi connectivity index (χ1) is 12.4. The molecule has 0 radical (unpaired) electrons. The fourth-order valence-electron chi connectivity index (χ4n) is 2.86. The molecule has 3 N–H and O–H groups in total. The maximum atomic E-state index is 13.7. The van der Waals surface area contributed by atoms with Crippen LogP contribution in [-0.4, -0.2) is 34.8 Å². The molecule has 0 bridgehead atoms. The van der Waals surface area contributed by atoms with Crippen LogP contribution in [0.4, 0.5) is 4.39 Å². The Morgan fingerprint density at radius 3 is 2.81 bits per heavy atom. The molecule has 0 saturated carbocycles. The summed E-state index contributed by atoms with van der Waals surface area (Å²) in [6.07, 6.45) is 2.63. The molecule has 1 aromatic heterocycles. The second-order valence-corrected chi connectivity index (χ2v) is 5.97. The number of methoxy groups -OCH3 is 1. The number of allylic oxidation sites excluding steroid dienone is 1. The number of nitrogens with zero attached hydrogens (tertiary/aromatic N) is 2. The summed E-state index contributed by atoms with van der Waals surface area (Å²) >= 11 is 0. The number of hydrogen-bond acceptors (Lipinski definition) is 5. The van der Waals surface area contributed by atoms with Gasteiger partial charge in [-0.3, -0.25) is 0 Å². The number of hydrogen-bond donors (Lipinski definition) is 3. The zero-order chi connectivity index (χ0) is 19.3. The second-order valence-electron chi connectivity index (χ2n) is 5.97. The minimum Gasteiger partial charge on any atom is -0.481 e. The Hall–Kier alpha value is -2.67. The predicted molar refractivity (Wildman–Crippen MR) is 100 cm³/mol. The minimum absolute atomic E-state index is 0.415. The average Bonchev–Trinajstić information content (AvgIpc) is 2.93. The van der Waals surface area contributed by atoms with E-state index in [1.54, 1.807) is 38.0 Å². The minimum atomic E-state index is -0.846. The fourth-order valence-corrected chi connectivity index (χ4v) is 2.86. The normalized spacial score (nSPS) is 12.8. The van der Waals surface area contributed by atoms with Gasteiger partial charge in [-0.2, -0.15) is 5.10 Å². The van der Waals surface area contributed by atoms with E-state index >= 15 is 0 Å². The van der Waals surface area contributed by atoms with Crippen LogP contribution in [0.2, 0.25) is 0 Å². The second kappa shape index (κ2) is 8.62. The topological polar surface area (TPSA) is 83.2 Å². The van der Waals surface area contributed by atoms with Gasteiger partial charge in [0.25, 0.3) is 0 Å². The highest BCUT2D eigenvalue weighted by atomic mass is 19.1. The highest BCUT2D eigenvalue weighted by molar-refractivity contribution is 5.78. The smallest absolute Gasteiger partial charge is 0.215 e. The SMILES string of the molecule is CCN/C=C(\C=N)Cc1c(-c2ccc(F)cc2[C@@H](C)O)nn(C)c1OC. The van der Waals surface area contributed by atoms with Gasteiger partial charge < -0.3 is 20.6 Å². The summed E-state index contributed by atoms with van der Waals surface area (Å²) in [5.41, 5.74) is 3.22. The van der Waals surface area contributed by atoms with Gasteiger partial charge in [0.15, 0.2) is 0 Å². The van der Waals surface area contributed by atoms with Crippen LogP contribution in [0.5, 0.6) is 5.88 Å². The standard InChI is InChI=1S/C19H25FN4O2/c1-5-22-11-13(10-21)8-17-18(23-24(3)19(17)26-4)15-7-6-14(20)9-16(15)12(2)25/h6-7,9-12,21-22,25H,5,8H2,1-4H3/b13-11-,21-10?/t12-/m1/s1. The van der Waals surface area contributed by atoms with Crippen LogP contribution in [0.3, 0.4) is 0 Å². The highest BCUT2D eigenvalue weighted by Crippen LogP contribution is 2.35. The largest absolute Gasteiger partial charge is 0.481 e. The quantitative estimate of drug-likeness (QED) is 0.632. The maximum Gasteiger partial charge on any atom is 0.215 e. The van der Waals surface area contributed by atoms with Crippen molar-refractivity contribution in [3.05, 3.63) is 46.9 Å². The van der Waals surface area contributed by atoms with Crippen molar-refractivity contribution in [2.45, 2.75) is 26.4 Å². The number of nitrogens with one attached hydrogen (secondary N) is 2. The molecule has 0 unspecified atom stereocenters. The summed E-state index contributed by atoms with van der Waals surface area (Å²) in [7, 11) is 3.32. The van der Waals surface area contributed by atoms with Gasteiger partial charge >= 0.3 is 0 Å². The van der Waals surface area contributed by atoms with E-state index in [0.29, 0.717) is 29.1 Å². The number of benzene rings is 1. The van der Waals surface area contributed by atoms with Gasteiger partial charge in [-0.05, 0) is 43.2 Å². The van der Waals surface area contributed by atoms with Gasteiger partial charge in [0, 0.05) is 43.6 Å². The van der Waals surface area contributed by atoms with E-state index in [1.807, 2.05) is 6.92 Å². The summed E-state index contributed by atoms with van der Waals surface area (Å²) in [5.74, 6) is 0.145. The Morgan fingerprint density at radius 2 is 2.23 bits per heavy atom. The lowest BCUT2D eigenvalue weighted by atomic mass is 9.96. The van der Waals surface area contributed by atoms with Crippen molar-refractivity contribution in [2.75, 3.05) is 13.7 Å². The molecule has 0 saturated heterocycles. The molecule has 2 rings (SSSR count). The van der Waals surface area contributed by atoms with Gasteiger partial charge in [-0.25, -0.2) is 9.07 Å². The lowest BCUT2D eigenvalue weighted by Gasteiger charge is -2.12. The number of aliphatic hydroxyl groups excluding tert-OH is 1. The van der Waals surface area contributed by atoms with Crippen LogP contribution >= 0.6 is 0 Å². The highest BCUT2D eigenvalue weighted by Gasteiger charge is 2.22. The lowest BCUT2D eigenvalue weighted by Crippen LogP contribution is -2.07.